The van der Waals surface area contributed by atoms with E-state index in [4.69, 9.17) is 23.2 Å². The van der Waals surface area contributed by atoms with Gasteiger partial charge in [-0.25, -0.2) is 4.79 Å². The van der Waals surface area contributed by atoms with E-state index in [1.807, 2.05) is 52.5 Å². The molecule has 30 heavy (non-hydrogen) atoms. The van der Waals surface area contributed by atoms with Crippen LogP contribution in [0.5, 0.6) is 0 Å². The molecule has 154 valence electrons. The van der Waals surface area contributed by atoms with Gasteiger partial charge in [-0.1, -0.05) is 23.2 Å². The van der Waals surface area contributed by atoms with Crippen LogP contribution in [0.4, 0.5) is 5.95 Å². The standard InChI is InChI=1S/C21H20Cl2N6O/c1-13-25-26-20(28(13)16-5-2-14(22)3-6-16)27-10-8-17(9-11-27)29-19-7-4-15(23)12-18(19)24-21(29)30/h2-7,12,17H,8-11H2,1H3,(H,24,30). The molecular weight excluding hydrogens is 423 g/mol. The summed E-state index contributed by atoms with van der Waals surface area (Å²) in [5, 5.41) is 10.0. The van der Waals surface area contributed by atoms with Gasteiger partial charge >= 0.3 is 5.69 Å². The molecule has 5 rings (SSSR count). The Morgan fingerprint density at radius 1 is 1.00 bits per heavy atom. The van der Waals surface area contributed by atoms with Crippen LogP contribution in [0.3, 0.4) is 0 Å². The molecule has 7 nitrogen and oxygen atoms in total. The zero-order chi connectivity index (χ0) is 20.8. The van der Waals surface area contributed by atoms with Crippen LogP contribution in [0.25, 0.3) is 16.7 Å². The molecule has 1 aliphatic heterocycles. The lowest BCUT2D eigenvalue weighted by Crippen LogP contribution is -2.38. The molecule has 0 amide bonds. The van der Waals surface area contributed by atoms with Crippen molar-refractivity contribution in [1.82, 2.24) is 24.3 Å². The number of piperidine rings is 1. The highest BCUT2D eigenvalue weighted by Gasteiger charge is 2.27. The monoisotopic (exact) mass is 442 g/mol. The Labute approximate surface area is 182 Å². The van der Waals surface area contributed by atoms with Crippen LogP contribution in [0.2, 0.25) is 10.0 Å². The zero-order valence-corrected chi connectivity index (χ0v) is 17.9. The van der Waals surface area contributed by atoms with Crippen LogP contribution in [0.15, 0.2) is 47.3 Å². The van der Waals surface area contributed by atoms with Crippen molar-refractivity contribution >= 4 is 40.2 Å². The fraction of sp³-hybridized carbons (Fsp3) is 0.286. The minimum absolute atomic E-state index is 0.0918. The van der Waals surface area contributed by atoms with Crippen molar-refractivity contribution in [3.8, 4) is 5.69 Å². The van der Waals surface area contributed by atoms with Gasteiger partial charge in [-0.15, -0.1) is 10.2 Å². The van der Waals surface area contributed by atoms with Gasteiger partial charge in [0, 0.05) is 29.2 Å². The first kappa shape index (κ1) is 19.2. The Morgan fingerprint density at radius 3 is 2.43 bits per heavy atom. The fourth-order valence-corrected chi connectivity index (χ4v) is 4.54. The third-order valence-corrected chi connectivity index (χ3v) is 6.17. The number of H-pyrrole nitrogens is 1. The first-order valence-electron chi connectivity index (χ1n) is 9.84. The molecule has 1 fully saturated rings. The van der Waals surface area contributed by atoms with Gasteiger partial charge in [0.2, 0.25) is 5.95 Å². The van der Waals surface area contributed by atoms with E-state index in [1.165, 1.54) is 0 Å². The lowest BCUT2D eigenvalue weighted by molar-refractivity contribution is 0.393. The molecule has 0 radical (unpaired) electrons. The second kappa shape index (κ2) is 7.49. The van der Waals surface area contributed by atoms with Crippen LogP contribution in [-0.4, -0.2) is 37.4 Å². The Balaban J connectivity index is 1.41. The average Bonchev–Trinajstić information content (AvgIpc) is 3.27. The average molecular weight is 443 g/mol. The molecule has 2 aromatic carbocycles. The lowest BCUT2D eigenvalue weighted by Gasteiger charge is -2.33. The van der Waals surface area contributed by atoms with Crippen LogP contribution >= 0.6 is 23.2 Å². The first-order chi connectivity index (χ1) is 14.5. The van der Waals surface area contributed by atoms with Crippen molar-refractivity contribution in [2.45, 2.75) is 25.8 Å². The summed E-state index contributed by atoms with van der Waals surface area (Å²) in [6.07, 6.45) is 1.67. The van der Waals surface area contributed by atoms with Crippen molar-refractivity contribution in [2.24, 2.45) is 0 Å². The Kier molecular flexibility index (Phi) is 4.79. The molecule has 9 heteroatoms. The Bertz CT molecular complexity index is 1270. The van der Waals surface area contributed by atoms with Crippen molar-refractivity contribution in [1.29, 1.82) is 0 Å². The number of aryl methyl sites for hydroxylation is 1. The molecule has 3 heterocycles. The third kappa shape index (κ3) is 3.28. The smallest absolute Gasteiger partial charge is 0.326 e. The number of fused-ring (bicyclic) bond motifs is 1. The van der Waals surface area contributed by atoms with E-state index in [2.05, 4.69) is 20.1 Å². The van der Waals surface area contributed by atoms with E-state index >= 15 is 0 Å². The maximum absolute atomic E-state index is 12.6. The van der Waals surface area contributed by atoms with E-state index in [-0.39, 0.29) is 11.7 Å². The number of nitrogens with zero attached hydrogens (tertiary/aromatic N) is 5. The molecule has 0 saturated carbocycles. The quantitative estimate of drug-likeness (QED) is 0.511. The van der Waals surface area contributed by atoms with Gasteiger partial charge in [0.1, 0.15) is 5.82 Å². The number of aromatic amines is 1. The summed E-state index contributed by atoms with van der Waals surface area (Å²) in [6.45, 7) is 3.50. The second-order valence-electron chi connectivity index (χ2n) is 7.54. The lowest BCUT2D eigenvalue weighted by atomic mass is 10.0. The molecule has 0 spiro atoms. The number of hydrogen-bond acceptors (Lipinski definition) is 4. The summed E-state index contributed by atoms with van der Waals surface area (Å²) >= 11 is 12.1. The fourth-order valence-electron chi connectivity index (χ4n) is 4.24. The van der Waals surface area contributed by atoms with Gasteiger partial charge in [0.05, 0.1) is 16.7 Å². The third-order valence-electron chi connectivity index (χ3n) is 5.68. The second-order valence-corrected chi connectivity index (χ2v) is 8.41. The molecule has 4 aromatic rings. The molecule has 0 unspecified atom stereocenters. The highest BCUT2D eigenvalue weighted by molar-refractivity contribution is 6.31. The molecular formula is C21H20Cl2N6O. The summed E-state index contributed by atoms with van der Waals surface area (Å²) in [5.41, 5.74) is 2.55. The number of anilines is 1. The maximum Gasteiger partial charge on any atom is 0.326 e. The summed E-state index contributed by atoms with van der Waals surface area (Å²) in [6, 6.07) is 13.3. The minimum atomic E-state index is -0.0918. The van der Waals surface area contributed by atoms with Gasteiger partial charge in [0.25, 0.3) is 0 Å². The van der Waals surface area contributed by atoms with Crippen LogP contribution < -0.4 is 10.6 Å². The Morgan fingerprint density at radius 2 is 1.70 bits per heavy atom. The van der Waals surface area contributed by atoms with Crippen molar-refractivity contribution in [3.63, 3.8) is 0 Å². The highest BCUT2D eigenvalue weighted by atomic mass is 35.5. The van der Waals surface area contributed by atoms with Crippen molar-refractivity contribution in [3.05, 3.63) is 68.8 Å². The van der Waals surface area contributed by atoms with Crippen LogP contribution in [0.1, 0.15) is 24.7 Å². The molecule has 0 aliphatic carbocycles. The minimum Gasteiger partial charge on any atom is -0.340 e. The summed E-state index contributed by atoms with van der Waals surface area (Å²) in [4.78, 5) is 17.7. The van der Waals surface area contributed by atoms with Gasteiger partial charge < -0.3 is 9.88 Å². The maximum atomic E-state index is 12.6. The number of imidazole rings is 1. The van der Waals surface area contributed by atoms with E-state index in [9.17, 15) is 4.79 Å². The van der Waals surface area contributed by atoms with Crippen molar-refractivity contribution < 1.29 is 0 Å². The zero-order valence-electron chi connectivity index (χ0n) is 16.3. The van der Waals surface area contributed by atoms with E-state index < -0.39 is 0 Å². The normalized spacial score (nSPS) is 15.2. The van der Waals surface area contributed by atoms with Gasteiger partial charge in [-0.05, 0) is 62.2 Å². The number of hydrogen-bond donors (Lipinski definition) is 1. The summed E-state index contributed by atoms with van der Waals surface area (Å²) in [5.74, 6) is 1.63. The topological polar surface area (TPSA) is 71.7 Å². The van der Waals surface area contributed by atoms with Crippen LogP contribution in [0, 0.1) is 6.92 Å². The summed E-state index contributed by atoms with van der Waals surface area (Å²) in [7, 11) is 0. The van der Waals surface area contributed by atoms with Gasteiger partial charge in [-0.2, -0.15) is 0 Å². The van der Waals surface area contributed by atoms with E-state index in [0.717, 1.165) is 54.4 Å². The van der Waals surface area contributed by atoms with Gasteiger partial charge in [-0.3, -0.25) is 9.13 Å². The predicted octanol–water partition coefficient (Wildman–Crippen LogP) is 4.37. The van der Waals surface area contributed by atoms with Gasteiger partial charge in [0.15, 0.2) is 0 Å². The highest BCUT2D eigenvalue weighted by Crippen LogP contribution is 2.29. The van der Waals surface area contributed by atoms with E-state index in [0.29, 0.717) is 10.0 Å². The molecule has 2 aromatic heterocycles. The molecule has 1 aliphatic rings. The largest absolute Gasteiger partial charge is 0.340 e. The summed E-state index contributed by atoms with van der Waals surface area (Å²) < 4.78 is 3.90. The molecule has 1 N–H and O–H groups in total. The Hall–Kier alpha value is -2.77. The van der Waals surface area contributed by atoms with Crippen molar-refractivity contribution in [2.75, 3.05) is 18.0 Å². The first-order valence-corrected chi connectivity index (χ1v) is 10.6. The SMILES string of the molecule is Cc1nnc(N2CCC(n3c(=O)[nH]c4cc(Cl)ccc43)CC2)n1-c1ccc(Cl)cc1. The number of halogens is 2. The number of benzene rings is 2. The number of rotatable bonds is 3. The van der Waals surface area contributed by atoms with Crippen LogP contribution in [-0.2, 0) is 0 Å². The molecule has 1 saturated heterocycles. The molecule has 0 bridgehead atoms. The number of aromatic nitrogens is 5. The predicted molar refractivity (Wildman–Crippen MR) is 119 cm³/mol. The molecule has 0 atom stereocenters. The van der Waals surface area contributed by atoms with E-state index in [1.54, 1.807) is 6.07 Å². The number of nitrogens with one attached hydrogen (secondary N) is 1.